The molecule has 1 aromatic heterocycles. The average molecular weight is 295 g/mol. The van der Waals surface area contributed by atoms with Gasteiger partial charge >= 0.3 is 12.1 Å². The molecule has 0 saturated carbocycles. The summed E-state index contributed by atoms with van der Waals surface area (Å²) in [5, 5.41) is 10.8. The molecule has 0 saturated heterocycles. The van der Waals surface area contributed by atoms with Crippen LogP contribution in [0.25, 0.3) is 11.3 Å². The van der Waals surface area contributed by atoms with Gasteiger partial charge in [-0.25, -0.2) is 14.8 Å². The van der Waals surface area contributed by atoms with Gasteiger partial charge in [0.2, 0.25) is 0 Å². The van der Waals surface area contributed by atoms with Crippen LogP contribution in [0.2, 0.25) is 0 Å². The Morgan fingerprint density at radius 1 is 1.24 bits per heavy atom. The number of halogens is 3. The maximum absolute atomic E-state index is 12.7. The number of benzene rings is 1. The van der Waals surface area contributed by atoms with Crippen LogP contribution in [-0.4, -0.2) is 27.3 Å². The third kappa shape index (κ3) is 3.22. The molecule has 1 heterocycles. The lowest BCUT2D eigenvalue weighted by Gasteiger charge is -2.08. The monoisotopic (exact) mass is 295 g/mol. The summed E-state index contributed by atoms with van der Waals surface area (Å²) in [7, 11) is 0. The summed E-state index contributed by atoms with van der Waals surface area (Å²) in [6, 6.07) is 5.59. The Morgan fingerprint density at radius 3 is 2.57 bits per heavy atom. The van der Waals surface area contributed by atoms with Crippen molar-refractivity contribution in [3.05, 3.63) is 53.1 Å². The Labute approximate surface area is 117 Å². The van der Waals surface area contributed by atoms with Crippen LogP contribution in [0.15, 0.2) is 36.7 Å². The van der Waals surface area contributed by atoms with Crippen molar-refractivity contribution in [2.24, 2.45) is 0 Å². The number of carbonyl (C=O) groups excluding carboxylic acids is 1. The SMILES string of the molecule is C=[N+]([O-])C(=O)c1cc(-c2cccc(C(F)(F)F)c2)ncn1. The van der Waals surface area contributed by atoms with Crippen molar-refractivity contribution >= 4 is 12.6 Å². The van der Waals surface area contributed by atoms with Crippen molar-refractivity contribution in [2.75, 3.05) is 0 Å². The van der Waals surface area contributed by atoms with E-state index in [4.69, 9.17) is 0 Å². The minimum absolute atomic E-state index is 0.0984. The largest absolute Gasteiger partial charge is 0.616 e. The predicted molar refractivity (Wildman–Crippen MR) is 67.5 cm³/mol. The van der Waals surface area contributed by atoms with E-state index in [9.17, 15) is 23.2 Å². The second-order valence-electron chi connectivity index (χ2n) is 4.05. The van der Waals surface area contributed by atoms with E-state index in [1.165, 1.54) is 12.1 Å². The topological polar surface area (TPSA) is 68.9 Å². The van der Waals surface area contributed by atoms with Crippen molar-refractivity contribution in [1.29, 1.82) is 0 Å². The second-order valence-corrected chi connectivity index (χ2v) is 4.05. The van der Waals surface area contributed by atoms with Gasteiger partial charge < -0.3 is 5.21 Å². The summed E-state index contributed by atoms with van der Waals surface area (Å²) in [5.74, 6) is -1.01. The molecule has 21 heavy (non-hydrogen) atoms. The first-order valence-electron chi connectivity index (χ1n) is 5.61. The molecule has 0 aliphatic rings. The van der Waals surface area contributed by atoms with Gasteiger partial charge in [0.05, 0.1) is 11.3 Å². The molecule has 0 radical (unpaired) electrons. The van der Waals surface area contributed by atoms with Gasteiger partial charge in [-0.05, 0) is 12.1 Å². The Morgan fingerprint density at radius 2 is 1.95 bits per heavy atom. The number of rotatable bonds is 2. The van der Waals surface area contributed by atoms with Crippen LogP contribution in [0.3, 0.4) is 0 Å². The minimum Gasteiger partial charge on any atom is -0.616 e. The molecular formula is C13H8F3N3O2. The molecule has 5 nitrogen and oxygen atoms in total. The van der Waals surface area contributed by atoms with Gasteiger partial charge in [-0.2, -0.15) is 13.2 Å². The Kier molecular flexibility index (Phi) is 3.70. The maximum atomic E-state index is 12.7. The molecule has 2 rings (SSSR count). The van der Waals surface area contributed by atoms with E-state index in [1.807, 2.05) is 0 Å². The normalized spacial score (nSPS) is 11.2. The van der Waals surface area contributed by atoms with Gasteiger partial charge in [-0.15, -0.1) is 4.74 Å². The van der Waals surface area contributed by atoms with Crippen LogP contribution >= 0.6 is 0 Å². The van der Waals surface area contributed by atoms with Crippen LogP contribution in [0.1, 0.15) is 16.1 Å². The fourth-order valence-electron chi connectivity index (χ4n) is 1.61. The number of alkyl halides is 3. The first kappa shape index (κ1) is 14.6. The fraction of sp³-hybridized carbons (Fsp3) is 0.0769. The quantitative estimate of drug-likeness (QED) is 0.369. The highest BCUT2D eigenvalue weighted by molar-refractivity contribution is 5.87. The average Bonchev–Trinajstić information content (AvgIpc) is 2.46. The minimum atomic E-state index is -4.49. The first-order chi connectivity index (χ1) is 9.79. The van der Waals surface area contributed by atoms with Gasteiger partial charge in [0, 0.05) is 11.6 Å². The number of hydroxylamine groups is 1. The lowest BCUT2D eigenvalue weighted by atomic mass is 10.1. The summed E-state index contributed by atoms with van der Waals surface area (Å²) >= 11 is 0. The molecule has 108 valence electrons. The number of carbonyl (C=O) groups is 1. The lowest BCUT2D eigenvalue weighted by Crippen LogP contribution is -2.14. The molecule has 0 bridgehead atoms. The van der Waals surface area contributed by atoms with Crippen molar-refractivity contribution in [3.63, 3.8) is 0 Å². The highest BCUT2D eigenvalue weighted by Crippen LogP contribution is 2.31. The standard InChI is InChI=1S/C13H8F3N3O2/c1-19(21)12(20)11-6-10(17-7-18-11)8-3-2-4-9(5-8)13(14,15)16/h2-7H,1H2. The van der Waals surface area contributed by atoms with E-state index < -0.39 is 17.6 Å². The summed E-state index contributed by atoms with van der Waals surface area (Å²) < 4.78 is 37.8. The third-order valence-electron chi connectivity index (χ3n) is 2.60. The van der Waals surface area contributed by atoms with Crippen LogP contribution in [0, 0.1) is 5.21 Å². The molecule has 8 heteroatoms. The fourth-order valence-corrected chi connectivity index (χ4v) is 1.61. The molecule has 0 unspecified atom stereocenters. The van der Waals surface area contributed by atoms with Crippen LogP contribution in [-0.2, 0) is 6.18 Å². The molecule has 0 spiro atoms. The van der Waals surface area contributed by atoms with E-state index in [2.05, 4.69) is 16.7 Å². The van der Waals surface area contributed by atoms with Gasteiger partial charge in [-0.3, -0.25) is 0 Å². The highest BCUT2D eigenvalue weighted by Gasteiger charge is 2.30. The van der Waals surface area contributed by atoms with E-state index in [-0.39, 0.29) is 21.7 Å². The third-order valence-corrected chi connectivity index (χ3v) is 2.60. The first-order valence-corrected chi connectivity index (χ1v) is 5.61. The number of amides is 1. The Bertz CT molecular complexity index is 714. The number of hydrogen-bond donors (Lipinski definition) is 0. The number of aromatic nitrogens is 2. The van der Waals surface area contributed by atoms with Gasteiger partial charge in [0.1, 0.15) is 13.0 Å². The molecule has 1 aromatic carbocycles. The van der Waals surface area contributed by atoms with Crippen molar-refractivity contribution in [1.82, 2.24) is 9.97 Å². The van der Waals surface area contributed by atoms with Crippen molar-refractivity contribution < 1.29 is 22.7 Å². The molecule has 0 aliphatic heterocycles. The van der Waals surface area contributed by atoms with Gasteiger partial charge in [0.15, 0.2) is 5.69 Å². The van der Waals surface area contributed by atoms with E-state index >= 15 is 0 Å². The smallest absolute Gasteiger partial charge is 0.448 e. The molecular weight excluding hydrogens is 287 g/mol. The Hall–Kier alpha value is -2.77. The maximum Gasteiger partial charge on any atom is 0.448 e. The van der Waals surface area contributed by atoms with E-state index in [0.29, 0.717) is 0 Å². The molecule has 0 aliphatic carbocycles. The highest BCUT2D eigenvalue weighted by atomic mass is 19.4. The predicted octanol–water partition coefficient (Wildman–Crippen LogP) is 2.51. The summed E-state index contributed by atoms with van der Waals surface area (Å²) in [6.07, 6.45) is -3.49. The summed E-state index contributed by atoms with van der Waals surface area (Å²) in [5.41, 5.74) is -0.833. The summed E-state index contributed by atoms with van der Waals surface area (Å²) in [4.78, 5) is 18.8. The molecule has 2 aromatic rings. The molecule has 1 amide bonds. The lowest BCUT2D eigenvalue weighted by molar-refractivity contribution is -0.342. The van der Waals surface area contributed by atoms with Crippen molar-refractivity contribution in [3.8, 4) is 11.3 Å². The molecule has 0 fully saturated rings. The van der Waals surface area contributed by atoms with Crippen LogP contribution in [0.5, 0.6) is 0 Å². The van der Waals surface area contributed by atoms with E-state index in [0.717, 1.165) is 24.5 Å². The van der Waals surface area contributed by atoms with Crippen molar-refractivity contribution in [2.45, 2.75) is 6.18 Å². The summed E-state index contributed by atoms with van der Waals surface area (Å²) in [6.45, 7) is 2.88. The molecule has 0 atom stereocenters. The zero-order valence-corrected chi connectivity index (χ0v) is 10.5. The second kappa shape index (κ2) is 5.31. The van der Waals surface area contributed by atoms with Crippen LogP contribution < -0.4 is 0 Å². The Balaban J connectivity index is 2.46. The zero-order valence-electron chi connectivity index (χ0n) is 10.5. The molecule has 0 N–H and O–H groups in total. The van der Waals surface area contributed by atoms with Gasteiger partial charge in [-0.1, -0.05) is 12.1 Å². The number of nitrogens with zero attached hydrogens (tertiary/aromatic N) is 3. The zero-order chi connectivity index (χ0) is 15.6. The van der Waals surface area contributed by atoms with Crippen LogP contribution in [0.4, 0.5) is 13.2 Å². The number of hydrogen-bond acceptors (Lipinski definition) is 4. The van der Waals surface area contributed by atoms with Gasteiger partial charge in [0.25, 0.3) is 0 Å². The van der Waals surface area contributed by atoms with E-state index in [1.54, 1.807) is 0 Å².